The van der Waals surface area contributed by atoms with Crippen LogP contribution in [0.1, 0.15) is 28.2 Å². The highest BCUT2D eigenvalue weighted by molar-refractivity contribution is 5.90. The summed E-state index contributed by atoms with van der Waals surface area (Å²) in [6.07, 6.45) is -8.98. The summed E-state index contributed by atoms with van der Waals surface area (Å²) in [5.74, 6) is -2.16. The molecule has 11 heteroatoms. The minimum absolute atomic E-state index is 0.0837. The number of rotatable bonds is 3. The van der Waals surface area contributed by atoms with Crippen molar-refractivity contribution >= 4 is 11.7 Å². The zero-order valence-corrected chi connectivity index (χ0v) is 8.61. The molecule has 0 unspecified atom stereocenters. The molecule has 0 radical (unpaired) electrons. The van der Waals surface area contributed by atoms with E-state index < -0.39 is 46.1 Å². The molecule has 0 aliphatic heterocycles. The molecule has 0 aliphatic carbocycles. The molecule has 1 aromatic rings. The molecule has 1 rings (SSSR count). The van der Waals surface area contributed by atoms with Crippen LogP contribution in [0.15, 0.2) is 6.07 Å². The van der Waals surface area contributed by atoms with Crippen LogP contribution in [0.2, 0.25) is 0 Å². The molecule has 0 amide bonds. The largest absolute Gasteiger partial charge is 0.478 e. The number of carbonyl (C=O) groups is 1. The van der Waals surface area contributed by atoms with Crippen molar-refractivity contribution in [1.29, 1.82) is 0 Å². The van der Waals surface area contributed by atoms with Gasteiger partial charge in [-0.15, -0.1) is 0 Å². The van der Waals surface area contributed by atoms with Crippen LogP contribution < -0.4 is 0 Å². The SMILES string of the molecule is O=C(O)c1cc([N+](=O)[O-])c(C(F)F)nc1C(F)(F)F. The quantitative estimate of drug-likeness (QED) is 0.523. The highest BCUT2D eigenvalue weighted by atomic mass is 19.4. The lowest BCUT2D eigenvalue weighted by Gasteiger charge is -2.11. The van der Waals surface area contributed by atoms with Crippen LogP contribution in [0.25, 0.3) is 0 Å². The topological polar surface area (TPSA) is 93.3 Å². The van der Waals surface area contributed by atoms with Crippen LogP contribution in [-0.2, 0) is 6.18 Å². The second-order valence-electron chi connectivity index (χ2n) is 3.15. The third-order valence-electron chi connectivity index (χ3n) is 1.93. The van der Waals surface area contributed by atoms with E-state index in [0.29, 0.717) is 0 Å². The van der Waals surface area contributed by atoms with E-state index in [1.54, 1.807) is 0 Å². The number of halogens is 5. The Bertz CT molecular complexity index is 543. The minimum Gasteiger partial charge on any atom is -0.478 e. The lowest BCUT2D eigenvalue weighted by atomic mass is 10.1. The molecule has 0 saturated heterocycles. The molecule has 104 valence electrons. The number of carboxylic acids is 1. The van der Waals surface area contributed by atoms with Crippen molar-refractivity contribution in [2.45, 2.75) is 12.6 Å². The van der Waals surface area contributed by atoms with Crippen LogP contribution in [0.3, 0.4) is 0 Å². The zero-order chi connectivity index (χ0) is 15.0. The Labute approximate surface area is 100 Å². The molecule has 1 aromatic heterocycles. The van der Waals surface area contributed by atoms with E-state index in [2.05, 4.69) is 4.98 Å². The average Bonchev–Trinajstić information content (AvgIpc) is 2.25. The molecule has 0 spiro atoms. The van der Waals surface area contributed by atoms with E-state index in [1.165, 1.54) is 0 Å². The Morgan fingerprint density at radius 1 is 1.42 bits per heavy atom. The fourth-order valence-corrected chi connectivity index (χ4v) is 1.20. The third-order valence-corrected chi connectivity index (χ3v) is 1.93. The Morgan fingerprint density at radius 3 is 2.26 bits per heavy atom. The van der Waals surface area contributed by atoms with Gasteiger partial charge in [0.2, 0.25) is 0 Å². The lowest BCUT2D eigenvalue weighted by Crippen LogP contribution is -2.18. The molecule has 19 heavy (non-hydrogen) atoms. The molecule has 0 fully saturated rings. The van der Waals surface area contributed by atoms with Crippen molar-refractivity contribution in [3.63, 3.8) is 0 Å². The van der Waals surface area contributed by atoms with Gasteiger partial charge < -0.3 is 5.11 Å². The summed E-state index contributed by atoms with van der Waals surface area (Å²) in [4.78, 5) is 22.0. The first-order valence-corrected chi connectivity index (χ1v) is 4.33. The van der Waals surface area contributed by atoms with Gasteiger partial charge in [0.05, 0.1) is 10.5 Å². The van der Waals surface area contributed by atoms with Gasteiger partial charge in [-0.2, -0.15) is 13.2 Å². The maximum atomic E-state index is 12.4. The van der Waals surface area contributed by atoms with Crippen LogP contribution in [0, 0.1) is 10.1 Å². The van der Waals surface area contributed by atoms with E-state index in [1.807, 2.05) is 0 Å². The first kappa shape index (κ1) is 14.7. The number of aromatic carboxylic acids is 1. The Morgan fingerprint density at radius 2 is 1.95 bits per heavy atom. The highest BCUT2D eigenvalue weighted by Gasteiger charge is 2.41. The summed E-state index contributed by atoms with van der Waals surface area (Å²) in [5.41, 5.74) is -6.90. The highest BCUT2D eigenvalue weighted by Crippen LogP contribution is 2.36. The van der Waals surface area contributed by atoms with Crippen LogP contribution >= 0.6 is 0 Å². The fourth-order valence-electron chi connectivity index (χ4n) is 1.20. The molecule has 0 bridgehead atoms. The predicted octanol–water partition coefficient (Wildman–Crippen LogP) is 2.64. The smallest absolute Gasteiger partial charge is 0.434 e. The first-order valence-electron chi connectivity index (χ1n) is 4.33. The van der Waals surface area contributed by atoms with E-state index in [4.69, 9.17) is 5.11 Å². The fraction of sp³-hybridized carbons (Fsp3) is 0.250. The second kappa shape index (κ2) is 4.74. The van der Waals surface area contributed by atoms with E-state index in [9.17, 15) is 36.9 Å². The molecular weight excluding hydrogens is 283 g/mol. The summed E-state index contributed by atoms with van der Waals surface area (Å²) in [6.45, 7) is 0. The summed E-state index contributed by atoms with van der Waals surface area (Å²) in [7, 11) is 0. The first-order chi connectivity index (χ1) is 8.55. The van der Waals surface area contributed by atoms with Crippen LogP contribution in [-0.4, -0.2) is 21.0 Å². The van der Waals surface area contributed by atoms with Crippen molar-refractivity contribution in [2.75, 3.05) is 0 Å². The number of aromatic nitrogens is 1. The Hall–Kier alpha value is -2.33. The zero-order valence-electron chi connectivity index (χ0n) is 8.61. The third kappa shape index (κ3) is 2.92. The maximum absolute atomic E-state index is 12.4. The number of hydrogen-bond donors (Lipinski definition) is 1. The number of pyridine rings is 1. The van der Waals surface area contributed by atoms with E-state index >= 15 is 0 Å². The van der Waals surface area contributed by atoms with E-state index in [0.717, 1.165) is 0 Å². The van der Waals surface area contributed by atoms with E-state index in [-0.39, 0.29) is 6.07 Å². The number of carboxylic acid groups (broad SMARTS) is 1. The van der Waals surface area contributed by atoms with Gasteiger partial charge in [0, 0.05) is 6.07 Å². The second-order valence-corrected chi connectivity index (χ2v) is 3.15. The Kier molecular flexibility index (Phi) is 3.68. The lowest BCUT2D eigenvalue weighted by molar-refractivity contribution is -0.386. The minimum atomic E-state index is -5.33. The maximum Gasteiger partial charge on any atom is 0.434 e. The number of hydrogen-bond acceptors (Lipinski definition) is 4. The molecule has 0 saturated carbocycles. The number of nitro groups is 1. The van der Waals surface area contributed by atoms with Gasteiger partial charge >= 0.3 is 12.1 Å². The molecule has 0 atom stereocenters. The summed E-state index contributed by atoms with van der Waals surface area (Å²) in [5, 5.41) is 18.9. The van der Waals surface area contributed by atoms with Gasteiger partial charge in [-0.1, -0.05) is 0 Å². The van der Waals surface area contributed by atoms with Gasteiger partial charge in [0.1, 0.15) is 0 Å². The molecule has 1 heterocycles. The van der Waals surface area contributed by atoms with Crippen molar-refractivity contribution in [2.24, 2.45) is 0 Å². The van der Waals surface area contributed by atoms with Gasteiger partial charge in [0.25, 0.3) is 12.1 Å². The summed E-state index contributed by atoms with van der Waals surface area (Å²) >= 11 is 0. The normalized spacial score (nSPS) is 11.7. The molecule has 6 nitrogen and oxygen atoms in total. The van der Waals surface area contributed by atoms with Crippen LogP contribution in [0.5, 0.6) is 0 Å². The van der Waals surface area contributed by atoms with Gasteiger partial charge in [0.15, 0.2) is 11.4 Å². The Balaban J connectivity index is 3.70. The number of nitrogens with zero attached hydrogens (tertiary/aromatic N) is 2. The van der Waals surface area contributed by atoms with Crippen molar-refractivity contribution in [3.05, 3.63) is 33.1 Å². The van der Waals surface area contributed by atoms with Gasteiger partial charge in [-0.3, -0.25) is 10.1 Å². The summed E-state index contributed by atoms with van der Waals surface area (Å²) < 4.78 is 62.1. The van der Waals surface area contributed by atoms with Crippen molar-refractivity contribution in [3.8, 4) is 0 Å². The molecule has 1 N–H and O–H groups in total. The van der Waals surface area contributed by atoms with Crippen molar-refractivity contribution in [1.82, 2.24) is 4.98 Å². The molecule has 0 aromatic carbocycles. The van der Waals surface area contributed by atoms with Gasteiger partial charge in [-0.05, 0) is 0 Å². The summed E-state index contributed by atoms with van der Waals surface area (Å²) in [6, 6.07) is -0.0837. The predicted molar refractivity (Wildman–Crippen MR) is 47.8 cm³/mol. The van der Waals surface area contributed by atoms with Crippen molar-refractivity contribution < 1.29 is 36.8 Å². The van der Waals surface area contributed by atoms with Gasteiger partial charge in [-0.25, -0.2) is 18.6 Å². The monoisotopic (exact) mass is 286 g/mol. The van der Waals surface area contributed by atoms with Crippen LogP contribution in [0.4, 0.5) is 27.6 Å². The molecule has 0 aliphatic rings. The average molecular weight is 286 g/mol. The molecular formula is C8H3F5N2O4. The standard InChI is InChI=1S/C8H3F5N2O4/c9-6(10)4-3(15(18)19)1-2(7(16)17)5(14-4)8(11,12)13/h1,6H,(H,16,17). The number of alkyl halides is 5.